The molecule has 0 unspecified atom stereocenters. The average Bonchev–Trinajstić information content (AvgIpc) is 3.00. The number of nitrogens with one attached hydrogen (secondary N) is 2. The van der Waals surface area contributed by atoms with E-state index in [-0.39, 0.29) is 11.2 Å². The van der Waals surface area contributed by atoms with Crippen LogP contribution >= 0.6 is 34.7 Å². The Bertz CT molecular complexity index is 723. The highest BCUT2D eigenvalue weighted by Gasteiger charge is 2.17. The zero-order valence-electron chi connectivity index (χ0n) is 13.2. The van der Waals surface area contributed by atoms with E-state index in [2.05, 4.69) is 27.4 Å². The van der Waals surface area contributed by atoms with Gasteiger partial charge in [-0.1, -0.05) is 40.8 Å². The molecule has 24 heavy (non-hydrogen) atoms. The molecule has 1 aromatic heterocycles. The molecule has 2 aromatic rings. The molecule has 2 N–H and O–H groups in total. The molecule has 6 nitrogen and oxygen atoms in total. The second-order valence-corrected chi connectivity index (χ2v) is 7.61. The number of rotatable bonds is 8. The highest BCUT2D eigenvalue weighted by atomic mass is 35.5. The van der Waals surface area contributed by atoms with Crippen LogP contribution in [0.15, 0.2) is 35.2 Å². The Labute approximate surface area is 153 Å². The zero-order valence-corrected chi connectivity index (χ0v) is 15.6. The maximum Gasteiger partial charge on any atom is 0.237 e. The summed E-state index contributed by atoms with van der Waals surface area (Å²) in [6.07, 6.45) is 1.74. The molecule has 2 rings (SSSR count). The standard InChI is InChI=1S/C15H17ClN4O2S2/c1-4-7-17-14-19-20-15(24-14)23-9(2)13(21)18-10-5-6-12(22-3)11(16)8-10/h4-6,8-9H,1,7H2,2-3H3,(H,17,19)(H,18,21)/t9-/m1/s1. The van der Waals surface area contributed by atoms with Gasteiger partial charge < -0.3 is 15.4 Å². The predicted octanol–water partition coefficient (Wildman–Crippen LogP) is 3.92. The third-order valence-electron chi connectivity index (χ3n) is 2.87. The van der Waals surface area contributed by atoms with E-state index < -0.39 is 0 Å². The lowest BCUT2D eigenvalue weighted by molar-refractivity contribution is -0.115. The molecule has 9 heteroatoms. The Morgan fingerprint density at radius 2 is 2.33 bits per heavy atom. The summed E-state index contributed by atoms with van der Waals surface area (Å²) >= 11 is 8.80. The van der Waals surface area contributed by atoms with Gasteiger partial charge >= 0.3 is 0 Å². The van der Waals surface area contributed by atoms with Crippen LogP contribution in [-0.2, 0) is 4.79 Å². The van der Waals surface area contributed by atoms with Crippen molar-refractivity contribution in [1.82, 2.24) is 10.2 Å². The van der Waals surface area contributed by atoms with E-state index in [1.54, 1.807) is 31.4 Å². The molecular formula is C15H17ClN4O2S2. The first-order valence-corrected chi connectivity index (χ1v) is 9.10. The number of amides is 1. The molecule has 128 valence electrons. The summed E-state index contributed by atoms with van der Waals surface area (Å²) in [5, 5.41) is 14.8. The Morgan fingerprint density at radius 3 is 3.00 bits per heavy atom. The molecule has 0 saturated heterocycles. The van der Waals surface area contributed by atoms with Crippen LogP contribution in [0, 0.1) is 0 Å². The predicted molar refractivity (Wildman–Crippen MR) is 101 cm³/mol. The molecule has 0 bridgehead atoms. The lowest BCUT2D eigenvalue weighted by Gasteiger charge is -2.11. The summed E-state index contributed by atoms with van der Waals surface area (Å²) in [6.45, 7) is 6.06. The minimum absolute atomic E-state index is 0.142. The number of hydrogen-bond donors (Lipinski definition) is 2. The minimum Gasteiger partial charge on any atom is -0.495 e. The lowest BCUT2D eigenvalue weighted by atomic mass is 10.3. The van der Waals surface area contributed by atoms with Gasteiger partial charge in [-0.05, 0) is 25.1 Å². The summed E-state index contributed by atoms with van der Waals surface area (Å²) in [5.41, 5.74) is 0.615. The van der Waals surface area contributed by atoms with E-state index in [0.717, 1.165) is 4.34 Å². The molecule has 0 aliphatic rings. The number of anilines is 2. The van der Waals surface area contributed by atoms with Gasteiger partial charge in [-0.15, -0.1) is 16.8 Å². The van der Waals surface area contributed by atoms with Crippen molar-refractivity contribution >= 4 is 51.4 Å². The molecule has 1 heterocycles. The monoisotopic (exact) mass is 384 g/mol. The number of methoxy groups -OCH3 is 1. The Morgan fingerprint density at radius 1 is 1.54 bits per heavy atom. The first kappa shape index (κ1) is 18.6. The van der Waals surface area contributed by atoms with Crippen molar-refractivity contribution in [2.24, 2.45) is 0 Å². The number of carbonyl (C=O) groups is 1. The second kappa shape index (κ2) is 8.91. The molecule has 0 aliphatic carbocycles. The van der Waals surface area contributed by atoms with Crippen LogP contribution in [0.25, 0.3) is 0 Å². The SMILES string of the molecule is C=CCNc1nnc(S[C@H](C)C(=O)Nc2ccc(OC)c(Cl)c2)s1. The molecular weight excluding hydrogens is 368 g/mol. The number of benzene rings is 1. The highest BCUT2D eigenvalue weighted by Crippen LogP contribution is 2.30. The fourth-order valence-electron chi connectivity index (χ4n) is 1.68. The van der Waals surface area contributed by atoms with Gasteiger partial charge in [0.15, 0.2) is 4.34 Å². The van der Waals surface area contributed by atoms with Gasteiger partial charge in [-0.3, -0.25) is 4.79 Å². The first-order valence-electron chi connectivity index (χ1n) is 7.02. The molecule has 0 radical (unpaired) electrons. The number of hydrogen-bond acceptors (Lipinski definition) is 7. The molecule has 0 fully saturated rings. The zero-order chi connectivity index (χ0) is 17.5. The molecule has 0 spiro atoms. The van der Waals surface area contributed by atoms with Crippen LogP contribution in [0.2, 0.25) is 5.02 Å². The van der Waals surface area contributed by atoms with Gasteiger partial charge in [-0.2, -0.15) is 0 Å². The molecule has 0 saturated carbocycles. The van der Waals surface area contributed by atoms with Crippen molar-refractivity contribution in [2.45, 2.75) is 16.5 Å². The van der Waals surface area contributed by atoms with Crippen molar-refractivity contribution in [3.63, 3.8) is 0 Å². The van der Waals surface area contributed by atoms with Gasteiger partial charge in [0.05, 0.1) is 17.4 Å². The summed E-state index contributed by atoms with van der Waals surface area (Å²) in [6, 6.07) is 5.10. The van der Waals surface area contributed by atoms with E-state index in [1.165, 1.54) is 23.1 Å². The van der Waals surface area contributed by atoms with E-state index in [9.17, 15) is 4.79 Å². The third kappa shape index (κ3) is 5.12. The fraction of sp³-hybridized carbons (Fsp3) is 0.267. The van der Waals surface area contributed by atoms with Crippen LogP contribution < -0.4 is 15.4 Å². The molecule has 1 aromatic carbocycles. The van der Waals surface area contributed by atoms with Gasteiger partial charge in [0.1, 0.15) is 5.75 Å². The lowest BCUT2D eigenvalue weighted by Crippen LogP contribution is -2.22. The Hall–Kier alpha value is -1.77. The van der Waals surface area contributed by atoms with Gasteiger partial charge in [0.2, 0.25) is 11.0 Å². The first-order chi connectivity index (χ1) is 11.5. The topological polar surface area (TPSA) is 76.1 Å². The van der Waals surface area contributed by atoms with E-state index in [0.29, 0.717) is 28.1 Å². The van der Waals surface area contributed by atoms with Crippen LogP contribution in [0.1, 0.15) is 6.92 Å². The van der Waals surface area contributed by atoms with E-state index >= 15 is 0 Å². The Kier molecular flexibility index (Phi) is 6.89. The largest absolute Gasteiger partial charge is 0.495 e. The van der Waals surface area contributed by atoms with Crippen molar-refractivity contribution in [2.75, 3.05) is 24.3 Å². The number of thioether (sulfide) groups is 1. The van der Waals surface area contributed by atoms with Gasteiger partial charge in [0, 0.05) is 12.2 Å². The Balaban J connectivity index is 1.93. The quantitative estimate of drug-likeness (QED) is 0.530. The number of halogens is 1. The highest BCUT2D eigenvalue weighted by molar-refractivity contribution is 8.02. The number of ether oxygens (including phenoxy) is 1. The maximum absolute atomic E-state index is 12.3. The maximum atomic E-state index is 12.3. The summed E-state index contributed by atoms with van der Waals surface area (Å²) < 4.78 is 5.81. The molecule has 1 atom stereocenters. The van der Waals surface area contributed by atoms with Crippen LogP contribution in [-0.4, -0.2) is 35.0 Å². The van der Waals surface area contributed by atoms with E-state index in [1.807, 2.05) is 6.92 Å². The van der Waals surface area contributed by atoms with Crippen molar-refractivity contribution in [3.05, 3.63) is 35.9 Å². The van der Waals surface area contributed by atoms with Crippen molar-refractivity contribution < 1.29 is 9.53 Å². The fourth-order valence-corrected chi connectivity index (χ4v) is 3.84. The summed E-state index contributed by atoms with van der Waals surface area (Å²) in [5.74, 6) is 0.419. The normalized spacial score (nSPS) is 11.6. The van der Waals surface area contributed by atoms with Crippen molar-refractivity contribution in [3.8, 4) is 5.75 Å². The number of carbonyl (C=O) groups excluding carboxylic acids is 1. The van der Waals surface area contributed by atoms with Gasteiger partial charge in [-0.25, -0.2) is 0 Å². The summed E-state index contributed by atoms with van der Waals surface area (Å²) in [4.78, 5) is 12.3. The number of nitrogens with zero attached hydrogens (tertiary/aromatic N) is 2. The molecule has 1 amide bonds. The second-order valence-electron chi connectivity index (χ2n) is 4.64. The van der Waals surface area contributed by atoms with Crippen molar-refractivity contribution in [1.29, 1.82) is 0 Å². The summed E-state index contributed by atoms with van der Waals surface area (Å²) in [7, 11) is 1.54. The van der Waals surface area contributed by atoms with Crippen LogP contribution in [0.5, 0.6) is 5.75 Å². The number of aromatic nitrogens is 2. The third-order valence-corrected chi connectivity index (χ3v) is 5.23. The van der Waals surface area contributed by atoms with Crippen LogP contribution in [0.3, 0.4) is 0 Å². The molecule has 0 aliphatic heterocycles. The average molecular weight is 385 g/mol. The van der Waals surface area contributed by atoms with E-state index in [4.69, 9.17) is 16.3 Å². The van der Waals surface area contributed by atoms with Crippen LogP contribution in [0.4, 0.5) is 10.8 Å². The smallest absolute Gasteiger partial charge is 0.237 e. The minimum atomic E-state index is -0.328. The van der Waals surface area contributed by atoms with Gasteiger partial charge in [0.25, 0.3) is 0 Å².